The first kappa shape index (κ1) is 23.1. The summed E-state index contributed by atoms with van der Waals surface area (Å²) >= 11 is 6.59. The predicted octanol–water partition coefficient (Wildman–Crippen LogP) is 4.52. The van der Waals surface area contributed by atoms with Crippen LogP contribution in [0.1, 0.15) is 21.6 Å². The summed E-state index contributed by atoms with van der Waals surface area (Å²) in [5.74, 6) is 1.36. The van der Waals surface area contributed by atoms with E-state index in [0.29, 0.717) is 22.5 Å². The molecule has 3 heterocycles. The standard InChI is InChI=1S/C26H27ClN6O2/c1-31(2)25(34)22-12-17-7-5-6-8-21(17)33(22)24-19(27)14-28-26(30-24)29-20-11-18-15-32(3)10-9-16(18)13-23(20)35-4/h5-8,11-14H,9-10,15H2,1-4H3,(H,28,29,30). The fourth-order valence-corrected chi connectivity index (χ4v) is 4.64. The van der Waals surface area contributed by atoms with Crippen LogP contribution in [0.5, 0.6) is 5.75 Å². The Balaban J connectivity index is 1.60. The Morgan fingerprint density at radius 2 is 1.97 bits per heavy atom. The molecule has 0 unspecified atom stereocenters. The molecule has 0 fully saturated rings. The molecule has 2 aromatic heterocycles. The minimum Gasteiger partial charge on any atom is -0.495 e. The Morgan fingerprint density at radius 3 is 2.74 bits per heavy atom. The lowest BCUT2D eigenvalue weighted by atomic mass is 9.99. The van der Waals surface area contributed by atoms with Gasteiger partial charge in [-0.1, -0.05) is 29.8 Å². The summed E-state index contributed by atoms with van der Waals surface area (Å²) in [7, 11) is 7.21. The molecule has 0 bridgehead atoms. The zero-order valence-corrected chi connectivity index (χ0v) is 20.9. The van der Waals surface area contributed by atoms with E-state index in [4.69, 9.17) is 21.3 Å². The molecule has 1 aliphatic heterocycles. The molecule has 1 aliphatic rings. The number of carbonyl (C=O) groups excluding carboxylic acids is 1. The van der Waals surface area contributed by atoms with Gasteiger partial charge in [-0.05, 0) is 48.9 Å². The van der Waals surface area contributed by atoms with Crippen molar-refractivity contribution < 1.29 is 9.53 Å². The van der Waals surface area contributed by atoms with Crippen molar-refractivity contribution in [1.82, 2.24) is 24.3 Å². The number of halogens is 1. The number of hydrogen-bond donors (Lipinski definition) is 1. The fraction of sp³-hybridized carbons (Fsp3) is 0.269. The molecule has 9 heteroatoms. The van der Waals surface area contributed by atoms with Crippen molar-refractivity contribution in [3.8, 4) is 11.6 Å². The molecule has 0 spiro atoms. The highest BCUT2D eigenvalue weighted by molar-refractivity contribution is 6.32. The highest BCUT2D eigenvalue weighted by Gasteiger charge is 2.22. The van der Waals surface area contributed by atoms with Crippen LogP contribution >= 0.6 is 11.6 Å². The molecule has 1 N–H and O–H groups in total. The molecule has 2 aromatic carbocycles. The fourth-order valence-electron chi connectivity index (χ4n) is 4.46. The van der Waals surface area contributed by atoms with Crippen molar-refractivity contribution in [1.29, 1.82) is 0 Å². The van der Waals surface area contributed by atoms with E-state index in [1.165, 1.54) is 16.0 Å². The van der Waals surface area contributed by atoms with Crippen LogP contribution in [0, 0.1) is 0 Å². The number of likely N-dealkylation sites (N-methyl/N-ethyl adjacent to an activating group) is 1. The number of benzene rings is 2. The second-order valence-corrected chi connectivity index (χ2v) is 9.33. The summed E-state index contributed by atoms with van der Waals surface area (Å²) < 4.78 is 7.44. The second kappa shape index (κ2) is 9.20. The lowest BCUT2D eigenvalue weighted by Crippen LogP contribution is -2.26. The van der Waals surface area contributed by atoms with Gasteiger partial charge in [0.05, 0.1) is 24.5 Å². The van der Waals surface area contributed by atoms with Gasteiger partial charge in [0.2, 0.25) is 5.95 Å². The molecular weight excluding hydrogens is 464 g/mol. The number of methoxy groups -OCH3 is 1. The highest BCUT2D eigenvalue weighted by atomic mass is 35.5. The molecular formula is C26H27ClN6O2. The maximum atomic E-state index is 13.0. The summed E-state index contributed by atoms with van der Waals surface area (Å²) in [6.07, 6.45) is 2.52. The van der Waals surface area contributed by atoms with Gasteiger partial charge >= 0.3 is 0 Å². The molecule has 0 atom stereocenters. The zero-order chi connectivity index (χ0) is 24.7. The Hall–Kier alpha value is -3.62. The minimum atomic E-state index is -0.147. The maximum absolute atomic E-state index is 13.0. The first-order valence-electron chi connectivity index (χ1n) is 11.4. The number of amides is 1. The monoisotopic (exact) mass is 490 g/mol. The van der Waals surface area contributed by atoms with Crippen molar-refractivity contribution in [2.24, 2.45) is 0 Å². The Labute approximate surface area is 209 Å². The molecule has 0 saturated heterocycles. The van der Waals surface area contributed by atoms with Crippen LogP contribution in [-0.4, -0.2) is 65.0 Å². The first-order valence-corrected chi connectivity index (χ1v) is 11.7. The number of hydrogen-bond acceptors (Lipinski definition) is 6. The lowest BCUT2D eigenvalue weighted by molar-refractivity contribution is 0.0820. The summed E-state index contributed by atoms with van der Waals surface area (Å²) in [6, 6.07) is 13.8. The van der Waals surface area contributed by atoms with Gasteiger partial charge < -0.3 is 19.9 Å². The number of nitrogens with zero attached hydrogens (tertiary/aromatic N) is 5. The van der Waals surface area contributed by atoms with Crippen LogP contribution in [-0.2, 0) is 13.0 Å². The number of para-hydroxylation sites is 1. The number of anilines is 2. The predicted molar refractivity (Wildman–Crippen MR) is 138 cm³/mol. The minimum absolute atomic E-state index is 0.147. The van der Waals surface area contributed by atoms with Crippen LogP contribution < -0.4 is 10.1 Å². The van der Waals surface area contributed by atoms with Crippen molar-refractivity contribution >= 4 is 40.0 Å². The number of carbonyl (C=O) groups is 1. The highest BCUT2D eigenvalue weighted by Crippen LogP contribution is 2.34. The number of ether oxygens (including phenoxy) is 1. The van der Waals surface area contributed by atoms with Gasteiger partial charge in [-0.2, -0.15) is 4.98 Å². The molecule has 0 aliphatic carbocycles. The van der Waals surface area contributed by atoms with Crippen LogP contribution in [0.4, 0.5) is 11.6 Å². The Morgan fingerprint density at radius 1 is 1.17 bits per heavy atom. The van der Waals surface area contributed by atoms with Gasteiger partial charge in [-0.15, -0.1) is 0 Å². The van der Waals surface area contributed by atoms with Crippen LogP contribution in [0.25, 0.3) is 16.7 Å². The molecule has 8 nitrogen and oxygen atoms in total. The van der Waals surface area contributed by atoms with Crippen molar-refractivity contribution in [3.05, 3.63) is 70.5 Å². The van der Waals surface area contributed by atoms with Gasteiger partial charge in [0, 0.05) is 32.6 Å². The lowest BCUT2D eigenvalue weighted by Gasteiger charge is -2.26. The third-order valence-electron chi connectivity index (χ3n) is 6.24. The summed E-state index contributed by atoms with van der Waals surface area (Å²) in [6.45, 7) is 1.89. The van der Waals surface area contributed by atoms with Crippen molar-refractivity contribution in [2.75, 3.05) is 40.1 Å². The molecule has 1 amide bonds. The topological polar surface area (TPSA) is 75.5 Å². The zero-order valence-electron chi connectivity index (χ0n) is 20.2. The largest absolute Gasteiger partial charge is 0.495 e. The van der Waals surface area contributed by atoms with E-state index in [2.05, 4.69) is 34.4 Å². The first-order chi connectivity index (χ1) is 16.9. The molecule has 180 valence electrons. The van der Waals surface area contributed by atoms with Gasteiger partial charge in [0.1, 0.15) is 16.5 Å². The van der Waals surface area contributed by atoms with Crippen molar-refractivity contribution in [3.63, 3.8) is 0 Å². The maximum Gasteiger partial charge on any atom is 0.270 e. The SMILES string of the molecule is COc1cc2c(cc1Nc1ncc(Cl)c(-n3c(C(=O)N(C)C)cc4ccccc43)n1)CN(C)CC2. The Kier molecular flexibility index (Phi) is 6.08. The molecule has 0 saturated carbocycles. The van der Waals surface area contributed by atoms with Crippen LogP contribution in [0.2, 0.25) is 5.02 Å². The van der Waals surface area contributed by atoms with E-state index < -0.39 is 0 Å². The summed E-state index contributed by atoms with van der Waals surface area (Å²) in [4.78, 5) is 26.0. The quantitative estimate of drug-likeness (QED) is 0.443. The van der Waals surface area contributed by atoms with Crippen LogP contribution in [0.15, 0.2) is 48.7 Å². The average molecular weight is 491 g/mol. The third-order valence-corrected chi connectivity index (χ3v) is 6.51. The van der Waals surface area contributed by atoms with Gasteiger partial charge in [0.25, 0.3) is 5.91 Å². The second-order valence-electron chi connectivity index (χ2n) is 8.92. The number of fused-ring (bicyclic) bond motifs is 2. The van der Waals surface area contributed by atoms with Crippen LogP contribution in [0.3, 0.4) is 0 Å². The number of aromatic nitrogens is 3. The average Bonchev–Trinajstić information content (AvgIpc) is 3.23. The van der Waals surface area contributed by atoms with E-state index in [9.17, 15) is 4.79 Å². The summed E-state index contributed by atoms with van der Waals surface area (Å²) in [5, 5.41) is 4.56. The number of nitrogens with one attached hydrogen (secondary N) is 1. The van der Waals surface area contributed by atoms with E-state index >= 15 is 0 Å². The normalized spacial score (nSPS) is 13.5. The van der Waals surface area contributed by atoms with E-state index in [1.807, 2.05) is 30.3 Å². The van der Waals surface area contributed by atoms with E-state index in [-0.39, 0.29) is 5.91 Å². The summed E-state index contributed by atoms with van der Waals surface area (Å²) in [5.41, 5.74) is 4.60. The Bertz CT molecular complexity index is 1430. The molecule has 5 rings (SSSR count). The van der Waals surface area contributed by atoms with E-state index in [0.717, 1.165) is 41.9 Å². The van der Waals surface area contributed by atoms with Gasteiger partial charge in [-0.3, -0.25) is 9.36 Å². The van der Waals surface area contributed by atoms with Gasteiger partial charge in [0.15, 0.2) is 5.82 Å². The van der Waals surface area contributed by atoms with E-state index in [1.54, 1.807) is 32.0 Å². The molecule has 35 heavy (non-hydrogen) atoms. The van der Waals surface area contributed by atoms with Gasteiger partial charge in [-0.25, -0.2) is 4.98 Å². The third kappa shape index (κ3) is 4.31. The molecule has 0 radical (unpaired) electrons. The smallest absolute Gasteiger partial charge is 0.270 e. The van der Waals surface area contributed by atoms with Crippen molar-refractivity contribution in [2.45, 2.75) is 13.0 Å². The number of rotatable bonds is 5. The molecule has 4 aromatic rings.